The predicted octanol–water partition coefficient (Wildman–Crippen LogP) is 5.86. The predicted molar refractivity (Wildman–Crippen MR) is 129 cm³/mol. The van der Waals surface area contributed by atoms with Crippen LogP contribution in [0.5, 0.6) is 11.5 Å². The average Bonchev–Trinajstić information content (AvgIpc) is 2.73. The fraction of sp³-hybridized carbons (Fsp3) is 0.174. The van der Waals surface area contributed by atoms with E-state index in [-0.39, 0.29) is 0 Å². The lowest BCUT2D eigenvalue weighted by Gasteiger charge is -2.31. The standard InChI is InChI=1S/C23H23BrNO2PS/c1-29(2,22-11-12-23(24)18(13-22)14-25)16-27-20-7-5-19(6-8-20)26-15-17-3-9-21(28)10-4-17/h3-13H,15-16,28H2,1-2H3. The van der Waals surface area contributed by atoms with Crippen molar-refractivity contribution in [2.45, 2.75) is 11.5 Å². The quantitative estimate of drug-likeness (QED) is 0.392. The Bertz CT molecular complexity index is 1010. The molecular formula is C23H23BrNO2PS. The van der Waals surface area contributed by atoms with Gasteiger partial charge in [0.05, 0.1) is 5.56 Å². The summed E-state index contributed by atoms with van der Waals surface area (Å²) < 4.78 is 12.7. The Kier molecular flexibility index (Phi) is 7.24. The number of hydrogen-bond donors (Lipinski definition) is 0. The second-order valence-corrected chi connectivity index (χ2v) is 12.4. The maximum absolute atomic E-state index is 9.26. The van der Waals surface area contributed by atoms with Crippen molar-refractivity contribution in [3.05, 3.63) is 82.3 Å². The molecule has 0 bridgehead atoms. The van der Waals surface area contributed by atoms with Crippen LogP contribution >= 0.6 is 35.2 Å². The maximum Gasteiger partial charge on any atom is 0.122 e. The molecule has 0 aliphatic carbocycles. The van der Waals surface area contributed by atoms with Crippen molar-refractivity contribution in [3.63, 3.8) is 0 Å². The van der Waals surface area contributed by atoms with Crippen molar-refractivity contribution in [2.75, 3.05) is 18.5 Å². The molecule has 0 aliphatic rings. The van der Waals surface area contributed by atoms with Crippen molar-refractivity contribution in [3.8, 4) is 17.6 Å². The Morgan fingerprint density at radius 1 is 0.931 bits per heavy atom. The second kappa shape index (κ2) is 9.67. The molecule has 0 fully saturated rings. The van der Waals surface area contributed by atoms with Gasteiger partial charge in [-0.15, -0.1) is 9.24 Å². The Morgan fingerprint density at radius 3 is 2.17 bits per heavy atom. The fourth-order valence-electron chi connectivity index (χ4n) is 2.63. The van der Waals surface area contributed by atoms with E-state index in [2.05, 4.69) is 74.1 Å². The highest BCUT2D eigenvalue weighted by molar-refractivity contribution is 9.10. The summed E-state index contributed by atoms with van der Waals surface area (Å²) in [6.45, 7) is 0.535. The summed E-state index contributed by atoms with van der Waals surface area (Å²) in [5, 5.41) is 10.4. The van der Waals surface area contributed by atoms with Crippen molar-refractivity contribution < 1.29 is 9.47 Å². The zero-order chi connectivity index (χ0) is 20.9. The van der Waals surface area contributed by atoms with Crippen LogP contribution in [0.15, 0.2) is 76.1 Å². The number of ether oxygens (including phenoxy) is 2. The van der Waals surface area contributed by atoms with E-state index >= 15 is 0 Å². The van der Waals surface area contributed by atoms with E-state index in [1.165, 1.54) is 0 Å². The Balaban J connectivity index is 1.58. The number of nitriles is 1. The molecule has 150 valence electrons. The van der Waals surface area contributed by atoms with Crippen LogP contribution in [-0.2, 0) is 6.61 Å². The van der Waals surface area contributed by atoms with Crippen molar-refractivity contribution >= 4 is 40.5 Å². The van der Waals surface area contributed by atoms with Gasteiger partial charge in [0.2, 0.25) is 0 Å². The van der Waals surface area contributed by atoms with Crippen LogP contribution in [0, 0.1) is 11.3 Å². The van der Waals surface area contributed by atoms with Crippen LogP contribution < -0.4 is 14.8 Å². The zero-order valence-electron chi connectivity index (χ0n) is 16.4. The van der Waals surface area contributed by atoms with Gasteiger partial charge >= 0.3 is 0 Å². The van der Waals surface area contributed by atoms with E-state index < -0.39 is 10.0 Å². The molecule has 0 N–H and O–H groups in total. The molecule has 1 unspecified atom stereocenters. The lowest BCUT2D eigenvalue weighted by atomic mass is 10.2. The van der Waals surface area contributed by atoms with Gasteiger partial charge < -0.3 is 9.47 Å². The van der Waals surface area contributed by atoms with Crippen LogP contribution in [0.25, 0.3) is 0 Å². The van der Waals surface area contributed by atoms with Crippen LogP contribution in [0.2, 0.25) is 0 Å². The molecule has 0 aliphatic heterocycles. The summed E-state index contributed by atoms with van der Waals surface area (Å²) in [6.07, 6.45) is 4.38. The van der Waals surface area contributed by atoms with E-state index in [0.717, 1.165) is 31.7 Å². The van der Waals surface area contributed by atoms with Crippen molar-refractivity contribution in [1.82, 2.24) is 0 Å². The largest absolute Gasteiger partial charge is 0.489 e. The first-order valence-corrected chi connectivity index (χ1v) is 13.0. The average molecular weight is 488 g/mol. The van der Waals surface area contributed by atoms with Gasteiger partial charge in [0.1, 0.15) is 30.1 Å². The molecule has 0 amide bonds. The van der Waals surface area contributed by atoms with Gasteiger partial charge in [-0.05, 0) is 86.7 Å². The minimum atomic E-state index is -1.19. The summed E-state index contributed by atoms with van der Waals surface area (Å²) in [5.41, 5.74) is 1.78. The van der Waals surface area contributed by atoms with E-state index in [4.69, 9.17) is 9.47 Å². The van der Waals surface area contributed by atoms with Crippen LogP contribution in [0.4, 0.5) is 0 Å². The Hall–Kier alpha value is -1.99. The molecule has 0 saturated heterocycles. The third kappa shape index (κ3) is 6.00. The highest BCUT2D eigenvalue weighted by atomic mass is 79.9. The first-order valence-electron chi connectivity index (χ1n) is 8.98. The first-order chi connectivity index (χ1) is 13.9. The molecule has 0 spiro atoms. The molecule has 3 aromatic rings. The third-order valence-corrected chi connectivity index (χ3v) is 7.74. The van der Waals surface area contributed by atoms with E-state index in [0.29, 0.717) is 18.1 Å². The topological polar surface area (TPSA) is 42.2 Å². The highest BCUT2D eigenvalue weighted by Gasteiger charge is 2.17. The Morgan fingerprint density at radius 2 is 1.55 bits per heavy atom. The molecule has 3 rings (SSSR count). The second-order valence-electron chi connectivity index (χ2n) is 7.06. The molecule has 3 nitrogen and oxygen atoms in total. The highest BCUT2D eigenvalue weighted by Crippen LogP contribution is 2.49. The van der Waals surface area contributed by atoms with Crippen LogP contribution in [-0.4, -0.2) is 18.5 Å². The normalized spacial score (nSPS) is 11.6. The van der Waals surface area contributed by atoms with Gasteiger partial charge in [-0.25, -0.2) is 0 Å². The van der Waals surface area contributed by atoms with E-state index in [9.17, 15) is 5.26 Å². The number of halogens is 1. The molecule has 0 saturated carbocycles. The SMILES string of the molecule is CS(C)(COc1ccc(OCc2ccc(P)cc2)cc1)c1ccc(Br)c(C#N)c1. The number of hydrogen-bond acceptors (Lipinski definition) is 3. The number of benzene rings is 3. The molecule has 0 heterocycles. The molecule has 0 aromatic heterocycles. The molecule has 6 heteroatoms. The molecule has 0 radical (unpaired) electrons. The molecule has 3 aromatic carbocycles. The summed E-state index contributed by atoms with van der Waals surface area (Å²) in [4.78, 5) is 1.15. The summed E-state index contributed by atoms with van der Waals surface area (Å²) in [7, 11) is 1.48. The number of rotatable bonds is 7. The molecule has 29 heavy (non-hydrogen) atoms. The van der Waals surface area contributed by atoms with Crippen molar-refractivity contribution in [2.24, 2.45) is 0 Å². The third-order valence-electron chi connectivity index (χ3n) is 4.43. The Labute approximate surface area is 184 Å². The summed E-state index contributed by atoms with van der Waals surface area (Å²) in [6, 6.07) is 24.1. The van der Waals surface area contributed by atoms with Gasteiger partial charge in [0.15, 0.2) is 0 Å². The number of nitrogens with zero attached hydrogens (tertiary/aromatic N) is 1. The van der Waals surface area contributed by atoms with Gasteiger partial charge in [0, 0.05) is 4.47 Å². The van der Waals surface area contributed by atoms with Crippen LogP contribution in [0.1, 0.15) is 11.1 Å². The maximum atomic E-state index is 9.26. The minimum Gasteiger partial charge on any atom is -0.489 e. The summed E-state index contributed by atoms with van der Waals surface area (Å²) >= 11 is 3.41. The summed E-state index contributed by atoms with van der Waals surface area (Å²) in [5.74, 6) is 2.20. The monoisotopic (exact) mass is 487 g/mol. The molecule has 1 atom stereocenters. The van der Waals surface area contributed by atoms with Crippen LogP contribution in [0.3, 0.4) is 0 Å². The van der Waals surface area contributed by atoms with E-state index in [1.54, 1.807) is 0 Å². The van der Waals surface area contributed by atoms with Gasteiger partial charge in [-0.1, -0.05) is 24.3 Å². The lowest BCUT2D eigenvalue weighted by molar-refractivity contribution is 0.305. The van der Waals surface area contributed by atoms with Crippen molar-refractivity contribution in [1.29, 1.82) is 5.26 Å². The zero-order valence-corrected chi connectivity index (χ0v) is 19.9. The van der Waals surface area contributed by atoms with Gasteiger partial charge in [-0.2, -0.15) is 15.3 Å². The smallest absolute Gasteiger partial charge is 0.122 e. The van der Waals surface area contributed by atoms with Gasteiger partial charge in [0.25, 0.3) is 0 Å². The molecular weight excluding hydrogens is 465 g/mol. The first kappa shape index (κ1) is 21.7. The van der Waals surface area contributed by atoms with Gasteiger partial charge in [-0.3, -0.25) is 0 Å². The fourth-order valence-corrected chi connectivity index (χ4v) is 4.60. The lowest BCUT2D eigenvalue weighted by Crippen LogP contribution is -2.08. The minimum absolute atomic E-state index is 0.535. The van der Waals surface area contributed by atoms with E-state index in [1.807, 2.05) is 36.4 Å².